The third-order valence-corrected chi connectivity index (χ3v) is 2.59. The Morgan fingerprint density at radius 1 is 1.40 bits per heavy atom. The molecule has 0 aliphatic heterocycles. The van der Waals surface area contributed by atoms with E-state index in [2.05, 4.69) is 0 Å². The zero-order chi connectivity index (χ0) is 11.0. The first kappa shape index (κ1) is 9.77. The molecule has 0 saturated heterocycles. The lowest BCUT2D eigenvalue weighted by Crippen LogP contribution is -2.06. The van der Waals surface area contributed by atoms with E-state index in [1.807, 2.05) is 36.6 Å². The Bertz CT molecular complexity index is 526. The molecule has 3 heteroatoms. The number of nitrogens with zero attached hydrogens (tertiary/aromatic N) is 1. The molecule has 1 aromatic heterocycles. The fraction of sp³-hybridized carbons (Fsp3) is 0.250. The molecule has 78 valence electrons. The van der Waals surface area contributed by atoms with Crippen molar-refractivity contribution in [2.24, 2.45) is 0 Å². The van der Waals surface area contributed by atoms with Crippen molar-refractivity contribution in [2.75, 3.05) is 0 Å². The minimum Gasteiger partial charge on any atom is -0.477 e. The monoisotopic (exact) mass is 203 g/mol. The van der Waals surface area contributed by atoms with Crippen molar-refractivity contribution < 1.29 is 9.90 Å². The normalized spacial score (nSPS) is 10.8. The van der Waals surface area contributed by atoms with Gasteiger partial charge in [-0.05, 0) is 32.0 Å². The molecule has 0 spiro atoms. The van der Waals surface area contributed by atoms with E-state index in [1.54, 1.807) is 6.07 Å². The van der Waals surface area contributed by atoms with Gasteiger partial charge in [-0.1, -0.05) is 11.6 Å². The maximum Gasteiger partial charge on any atom is 0.352 e. The second-order valence-electron chi connectivity index (χ2n) is 3.64. The zero-order valence-electron chi connectivity index (χ0n) is 8.82. The molecule has 1 heterocycles. The molecule has 0 aliphatic rings. The summed E-state index contributed by atoms with van der Waals surface area (Å²) in [7, 11) is 0. The number of rotatable bonds is 2. The number of carboxylic acids is 1. The van der Waals surface area contributed by atoms with Crippen LogP contribution in [0.2, 0.25) is 0 Å². The topological polar surface area (TPSA) is 42.2 Å². The van der Waals surface area contributed by atoms with Crippen LogP contribution in [0.1, 0.15) is 23.0 Å². The fourth-order valence-electron chi connectivity index (χ4n) is 1.91. The Labute approximate surface area is 87.9 Å². The Balaban J connectivity index is 2.78. The number of aromatic nitrogens is 1. The van der Waals surface area contributed by atoms with E-state index in [-0.39, 0.29) is 0 Å². The highest BCUT2D eigenvalue weighted by molar-refractivity contribution is 5.94. The van der Waals surface area contributed by atoms with Gasteiger partial charge in [0, 0.05) is 17.4 Å². The SMILES string of the molecule is CCn1c(C(=O)O)cc2cc(C)ccc21. The summed E-state index contributed by atoms with van der Waals surface area (Å²) in [6, 6.07) is 7.71. The van der Waals surface area contributed by atoms with Crippen molar-refractivity contribution in [2.45, 2.75) is 20.4 Å². The fourth-order valence-corrected chi connectivity index (χ4v) is 1.91. The Morgan fingerprint density at radius 3 is 2.73 bits per heavy atom. The van der Waals surface area contributed by atoms with Crippen LogP contribution in [0.25, 0.3) is 10.9 Å². The second-order valence-corrected chi connectivity index (χ2v) is 3.64. The molecule has 0 radical (unpaired) electrons. The second kappa shape index (κ2) is 3.42. The minimum absolute atomic E-state index is 0.359. The van der Waals surface area contributed by atoms with Crippen LogP contribution in [0.15, 0.2) is 24.3 Å². The Hall–Kier alpha value is -1.77. The van der Waals surface area contributed by atoms with Gasteiger partial charge in [-0.2, -0.15) is 0 Å². The predicted octanol–water partition coefficient (Wildman–Crippen LogP) is 2.67. The summed E-state index contributed by atoms with van der Waals surface area (Å²) in [6.45, 7) is 4.63. The van der Waals surface area contributed by atoms with Gasteiger partial charge in [0.25, 0.3) is 0 Å². The quantitative estimate of drug-likeness (QED) is 0.815. The summed E-state index contributed by atoms with van der Waals surface area (Å²) in [4.78, 5) is 11.0. The van der Waals surface area contributed by atoms with Gasteiger partial charge in [0.05, 0.1) is 0 Å². The van der Waals surface area contributed by atoms with E-state index in [0.29, 0.717) is 12.2 Å². The van der Waals surface area contributed by atoms with Gasteiger partial charge in [-0.25, -0.2) is 4.79 Å². The van der Waals surface area contributed by atoms with Crippen LogP contribution in [0.4, 0.5) is 0 Å². The lowest BCUT2D eigenvalue weighted by atomic mass is 10.2. The number of benzene rings is 1. The smallest absolute Gasteiger partial charge is 0.352 e. The lowest BCUT2D eigenvalue weighted by Gasteiger charge is -2.03. The molecule has 15 heavy (non-hydrogen) atoms. The highest BCUT2D eigenvalue weighted by atomic mass is 16.4. The molecule has 0 amide bonds. The van der Waals surface area contributed by atoms with Crippen LogP contribution in [0.5, 0.6) is 0 Å². The molecule has 1 aromatic carbocycles. The molecule has 0 aliphatic carbocycles. The summed E-state index contributed by atoms with van der Waals surface area (Å²) in [5.41, 5.74) is 2.49. The summed E-state index contributed by atoms with van der Waals surface area (Å²) < 4.78 is 1.82. The third-order valence-electron chi connectivity index (χ3n) is 2.59. The summed E-state index contributed by atoms with van der Waals surface area (Å²) >= 11 is 0. The number of aryl methyl sites for hydroxylation is 2. The molecular weight excluding hydrogens is 190 g/mol. The standard InChI is InChI=1S/C12H13NO2/c1-3-13-10-5-4-8(2)6-9(10)7-11(13)12(14)15/h4-7H,3H2,1-2H3,(H,14,15). The van der Waals surface area contributed by atoms with Crippen LogP contribution < -0.4 is 0 Å². The first-order valence-corrected chi connectivity index (χ1v) is 4.96. The number of aromatic carboxylic acids is 1. The molecule has 3 nitrogen and oxygen atoms in total. The van der Waals surface area contributed by atoms with Crippen LogP contribution in [-0.2, 0) is 6.54 Å². The lowest BCUT2D eigenvalue weighted by molar-refractivity contribution is 0.0686. The van der Waals surface area contributed by atoms with Crippen molar-refractivity contribution in [1.29, 1.82) is 0 Å². The largest absolute Gasteiger partial charge is 0.477 e. The third kappa shape index (κ3) is 1.50. The van der Waals surface area contributed by atoms with Crippen LogP contribution in [-0.4, -0.2) is 15.6 Å². The number of fused-ring (bicyclic) bond motifs is 1. The van der Waals surface area contributed by atoms with Gasteiger partial charge in [-0.15, -0.1) is 0 Å². The van der Waals surface area contributed by atoms with Gasteiger partial charge in [0.15, 0.2) is 0 Å². The van der Waals surface area contributed by atoms with Gasteiger partial charge < -0.3 is 9.67 Å². The first-order valence-electron chi connectivity index (χ1n) is 4.96. The highest BCUT2D eigenvalue weighted by Gasteiger charge is 2.12. The molecule has 0 fully saturated rings. The molecule has 2 rings (SSSR count). The number of hydrogen-bond acceptors (Lipinski definition) is 1. The molecule has 2 aromatic rings. The predicted molar refractivity (Wildman–Crippen MR) is 59.3 cm³/mol. The summed E-state index contributed by atoms with van der Waals surface area (Å²) in [5.74, 6) is -0.870. The maximum absolute atomic E-state index is 11.0. The minimum atomic E-state index is -0.870. The zero-order valence-corrected chi connectivity index (χ0v) is 8.82. The molecule has 0 unspecified atom stereocenters. The van der Waals surface area contributed by atoms with E-state index >= 15 is 0 Å². The van der Waals surface area contributed by atoms with Gasteiger partial charge in [-0.3, -0.25) is 0 Å². The average molecular weight is 203 g/mol. The molecular formula is C12H13NO2. The summed E-state index contributed by atoms with van der Waals surface area (Å²) in [6.07, 6.45) is 0. The van der Waals surface area contributed by atoms with Gasteiger partial charge in [0.1, 0.15) is 5.69 Å². The Morgan fingerprint density at radius 2 is 2.13 bits per heavy atom. The number of hydrogen-bond donors (Lipinski definition) is 1. The average Bonchev–Trinajstić information content (AvgIpc) is 2.55. The van der Waals surface area contributed by atoms with Crippen LogP contribution in [0, 0.1) is 6.92 Å². The van der Waals surface area contributed by atoms with E-state index in [1.165, 1.54) is 0 Å². The number of carbonyl (C=O) groups is 1. The van der Waals surface area contributed by atoms with Crippen molar-refractivity contribution in [1.82, 2.24) is 4.57 Å². The van der Waals surface area contributed by atoms with Gasteiger partial charge in [0.2, 0.25) is 0 Å². The van der Waals surface area contributed by atoms with Gasteiger partial charge >= 0.3 is 5.97 Å². The van der Waals surface area contributed by atoms with Crippen molar-refractivity contribution >= 4 is 16.9 Å². The molecule has 0 atom stereocenters. The van der Waals surface area contributed by atoms with Crippen LogP contribution in [0.3, 0.4) is 0 Å². The highest BCUT2D eigenvalue weighted by Crippen LogP contribution is 2.21. The van der Waals surface area contributed by atoms with E-state index < -0.39 is 5.97 Å². The molecule has 1 N–H and O–H groups in total. The van der Waals surface area contributed by atoms with E-state index in [0.717, 1.165) is 16.5 Å². The Kier molecular flexibility index (Phi) is 2.23. The number of carboxylic acid groups (broad SMARTS) is 1. The van der Waals surface area contributed by atoms with E-state index in [4.69, 9.17) is 5.11 Å². The van der Waals surface area contributed by atoms with E-state index in [9.17, 15) is 4.79 Å². The van der Waals surface area contributed by atoms with Crippen molar-refractivity contribution in [3.63, 3.8) is 0 Å². The summed E-state index contributed by atoms with van der Waals surface area (Å²) in [5, 5.41) is 10.0. The van der Waals surface area contributed by atoms with Crippen molar-refractivity contribution in [3.05, 3.63) is 35.5 Å². The first-order chi connectivity index (χ1) is 7.13. The molecule has 0 bridgehead atoms. The van der Waals surface area contributed by atoms with Crippen LogP contribution >= 0.6 is 0 Å². The maximum atomic E-state index is 11.0. The van der Waals surface area contributed by atoms with Crippen molar-refractivity contribution in [3.8, 4) is 0 Å². The molecule has 0 saturated carbocycles.